The van der Waals surface area contributed by atoms with Gasteiger partial charge in [-0.2, -0.15) is 4.31 Å². The van der Waals surface area contributed by atoms with Crippen molar-refractivity contribution in [1.29, 1.82) is 0 Å². The Balaban J connectivity index is 1.97. The molecule has 0 aromatic carbocycles. The summed E-state index contributed by atoms with van der Waals surface area (Å²) in [6, 6.07) is 3.68. The molecule has 0 saturated carbocycles. The van der Waals surface area contributed by atoms with Crippen molar-refractivity contribution < 1.29 is 27.9 Å². The predicted octanol–water partition coefficient (Wildman–Crippen LogP) is -0.494. The van der Waals surface area contributed by atoms with Crippen LogP contribution in [0.15, 0.2) is 18.3 Å². The Morgan fingerprint density at radius 2 is 2.15 bits per heavy atom. The van der Waals surface area contributed by atoms with Gasteiger partial charge in [0.15, 0.2) is 0 Å². The lowest BCUT2D eigenvalue weighted by atomic mass is 10.1. The van der Waals surface area contributed by atoms with Crippen molar-refractivity contribution >= 4 is 21.9 Å². The number of carboxylic acid groups (broad SMARTS) is 1. The Morgan fingerprint density at radius 3 is 2.73 bits per heavy atom. The molecular formula is C16H23N3O6S. The number of aliphatic carboxylic acids is 1. The van der Waals surface area contributed by atoms with Crippen molar-refractivity contribution in [2.24, 2.45) is 0 Å². The van der Waals surface area contributed by atoms with E-state index in [2.05, 4.69) is 4.98 Å². The number of pyridine rings is 1. The van der Waals surface area contributed by atoms with Gasteiger partial charge in [-0.25, -0.2) is 8.42 Å². The number of hydrogen-bond donors (Lipinski definition) is 1. The van der Waals surface area contributed by atoms with Crippen molar-refractivity contribution in [3.63, 3.8) is 0 Å². The van der Waals surface area contributed by atoms with E-state index in [1.54, 1.807) is 11.1 Å². The molecule has 1 N–H and O–H groups in total. The number of carbonyl (C=O) groups is 2. The van der Waals surface area contributed by atoms with Crippen molar-refractivity contribution in [2.45, 2.75) is 19.4 Å². The van der Waals surface area contributed by atoms with Crippen LogP contribution in [0.4, 0.5) is 0 Å². The molecule has 0 radical (unpaired) electrons. The van der Waals surface area contributed by atoms with Crippen molar-refractivity contribution in [3.8, 4) is 0 Å². The molecule has 1 amide bonds. The van der Waals surface area contributed by atoms with Gasteiger partial charge in [0.1, 0.15) is 6.54 Å². The highest BCUT2D eigenvalue weighted by molar-refractivity contribution is 7.88. The fourth-order valence-electron chi connectivity index (χ4n) is 2.64. The van der Waals surface area contributed by atoms with Crippen LogP contribution in [-0.4, -0.2) is 84.7 Å². The zero-order valence-electron chi connectivity index (χ0n) is 14.8. The van der Waals surface area contributed by atoms with Crippen LogP contribution >= 0.6 is 0 Å². The highest BCUT2D eigenvalue weighted by Crippen LogP contribution is 2.12. The molecule has 0 spiro atoms. The number of hydrogen-bond acceptors (Lipinski definition) is 6. The number of sulfonamides is 1. The first-order valence-corrected chi connectivity index (χ1v) is 9.98. The van der Waals surface area contributed by atoms with Crippen molar-refractivity contribution in [2.75, 3.05) is 39.0 Å². The van der Waals surface area contributed by atoms with E-state index in [0.29, 0.717) is 6.54 Å². The second-order valence-electron chi connectivity index (χ2n) is 6.27. The Bertz CT molecular complexity index is 750. The number of ether oxygens (including phenoxy) is 1. The van der Waals surface area contributed by atoms with E-state index >= 15 is 0 Å². The van der Waals surface area contributed by atoms with Crippen LogP contribution in [-0.2, 0) is 30.8 Å². The Morgan fingerprint density at radius 1 is 1.42 bits per heavy atom. The topological polar surface area (TPSA) is 117 Å². The molecule has 2 rings (SSSR count). The zero-order chi connectivity index (χ0) is 19.3. The van der Waals surface area contributed by atoms with E-state index in [0.717, 1.165) is 21.8 Å². The summed E-state index contributed by atoms with van der Waals surface area (Å²) in [6.45, 7) is 2.01. The Labute approximate surface area is 152 Å². The van der Waals surface area contributed by atoms with Gasteiger partial charge in [-0.15, -0.1) is 0 Å². The largest absolute Gasteiger partial charge is 0.480 e. The molecule has 1 fully saturated rings. The lowest BCUT2D eigenvalue weighted by molar-refractivity contribution is -0.140. The van der Waals surface area contributed by atoms with Crippen LogP contribution in [0.1, 0.15) is 11.3 Å². The molecule has 1 aliphatic heterocycles. The predicted molar refractivity (Wildman–Crippen MR) is 93.1 cm³/mol. The van der Waals surface area contributed by atoms with E-state index in [4.69, 9.17) is 9.84 Å². The Kier molecular flexibility index (Phi) is 6.68. The van der Waals surface area contributed by atoms with Crippen LogP contribution in [0, 0.1) is 6.92 Å². The van der Waals surface area contributed by atoms with Gasteiger partial charge in [0.05, 0.1) is 25.4 Å². The molecule has 0 unspecified atom stereocenters. The molecule has 2 heterocycles. The van der Waals surface area contributed by atoms with Crippen LogP contribution in [0.2, 0.25) is 0 Å². The fraction of sp³-hybridized carbons (Fsp3) is 0.562. The number of amides is 1. The number of aryl methyl sites for hydroxylation is 1. The lowest BCUT2D eigenvalue weighted by Crippen LogP contribution is -2.51. The minimum absolute atomic E-state index is 0.104. The monoisotopic (exact) mass is 385 g/mol. The molecule has 0 aliphatic carbocycles. The molecular weight excluding hydrogens is 362 g/mol. The highest BCUT2D eigenvalue weighted by atomic mass is 32.2. The number of nitrogens with zero attached hydrogens (tertiary/aromatic N) is 3. The normalized spacial score (nSPS) is 18.1. The van der Waals surface area contributed by atoms with E-state index in [-0.39, 0.29) is 32.0 Å². The molecule has 144 valence electrons. The number of aromatic nitrogens is 1. The molecule has 9 nitrogen and oxygen atoms in total. The van der Waals surface area contributed by atoms with E-state index < -0.39 is 28.6 Å². The third kappa shape index (κ3) is 6.04. The maximum Gasteiger partial charge on any atom is 0.318 e. The van der Waals surface area contributed by atoms with Gasteiger partial charge in [0.25, 0.3) is 0 Å². The van der Waals surface area contributed by atoms with Gasteiger partial charge >= 0.3 is 5.97 Å². The Hall–Kier alpha value is -2.04. The minimum atomic E-state index is -3.69. The number of morpholine rings is 1. The van der Waals surface area contributed by atoms with Gasteiger partial charge in [-0.1, -0.05) is 6.07 Å². The first-order valence-electron chi connectivity index (χ1n) is 8.13. The molecule has 26 heavy (non-hydrogen) atoms. The van der Waals surface area contributed by atoms with Gasteiger partial charge in [0.2, 0.25) is 15.9 Å². The summed E-state index contributed by atoms with van der Waals surface area (Å²) in [5.74, 6) is -1.35. The van der Waals surface area contributed by atoms with Gasteiger partial charge in [0, 0.05) is 31.5 Å². The smallest absolute Gasteiger partial charge is 0.318 e. The fourth-order valence-corrected chi connectivity index (χ4v) is 3.42. The lowest BCUT2D eigenvalue weighted by Gasteiger charge is -2.35. The van der Waals surface area contributed by atoms with Crippen LogP contribution in [0.5, 0.6) is 0 Å². The summed E-state index contributed by atoms with van der Waals surface area (Å²) in [6.07, 6.45) is 2.23. The minimum Gasteiger partial charge on any atom is -0.480 e. The summed E-state index contributed by atoms with van der Waals surface area (Å²) >= 11 is 0. The first kappa shape index (κ1) is 20.3. The number of carbonyl (C=O) groups excluding carboxylic acids is 1. The average Bonchev–Trinajstić information content (AvgIpc) is 2.55. The third-order valence-corrected chi connectivity index (χ3v) is 5.22. The molecule has 1 aromatic heterocycles. The van der Waals surface area contributed by atoms with Crippen LogP contribution < -0.4 is 0 Å². The average molecular weight is 385 g/mol. The molecule has 1 aliphatic rings. The second kappa shape index (κ2) is 8.56. The number of carboxylic acids is 1. The van der Waals surface area contributed by atoms with Gasteiger partial charge in [-0.05, 0) is 18.6 Å². The van der Waals surface area contributed by atoms with Crippen molar-refractivity contribution in [3.05, 3.63) is 29.6 Å². The summed E-state index contributed by atoms with van der Waals surface area (Å²) in [5, 5.41) is 8.88. The van der Waals surface area contributed by atoms with Crippen molar-refractivity contribution in [1.82, 2.24) is 14.2 Å². The molecule has 1 saturated heterocycles. The standard InChI is InChI=1S/C16H23N3O6S/c1-12-3-4-13(8-17-12)7-15(20)18-5-6-25-14(9-18)10-19(11-16(21)22)26(2,23)24/h3-4,8,14H,5-7,9-11H2,1-2H3,(H,21,22)/t14-/m1/s1. The quantitative estimate of drug-likeness (QED) is 0.673. The molecule has 1 aromatic rings. The van der Waals surface area contributed by atoms with E-state index in [1.165, 1.54) is 0 Å². The summed E-state index contributed by atoms with van der Waals surface area (Å²) in [4.78, 5) is 29.1. The second-order valence-corrected chi connectivity index (χ2v) is 8.25. The number of rotatable bonds is 7. The summed E-state index contributed by atoms with van der Waals surface area (Å²) in [7, 11) is -3.69. The zero-order valence-corrected chi connectivity index (χ0v) is 15.6. The van der Waals surface area contributed by atoms with Crippen LogP contribution in [0.3, 0.4) is 0 Å². The SMILES string of the molecule is Cc1ccc(CC(=O)N2CCO[C@@H](CN(CC(=O)O)S(C)(=O)=O)C2)cn1. The summed E-state index contributed by atoms with van der Waals surface area (Å²) in [5.41, 5.74) is 1.67. The summed E-state index contributed by atoms with van der Waals surface area (Å²) < 4.78 is 29.9. The third-order valence-electron chi connectivity index (χ3n) is 4.01. The maximum atomic E-state index is 12.5. The maximum absolute atomic E-state index is 12.5. The highest BCUT2D eigenvalue weighted by Gasteiger charge is 2.29. The van der Waals surface area contributed by atoms with E-state index in [9.17, 15) is 18.0 Å². The molecule has 0 bridgehead atoms. The van der Waals surface area contributed by atoms with E-state index in [1.807, 2.05) is 19.1 Å². The first-order chi connectivity index (χ1) is 12.1. The van der Waals surface area contributed by atoms with Crippen LogP contribution in [0.25, 0.3) is 0 Å². The van der Waals surface area contributed by atoms with Gasteiger partial charge < -0.3 is 14.7 Å². The molecule has 10 heteroatoms. The van der Waals surface area contributed by atoms with Gasteiger partial charge in [-0.3, -0.25) is 14.6 Å². The molecule has 1 atom stereocenters.